The van der Waals surface area contributed by atoms with E-state index in [2.05, 4.69) is 12.2 Å². The van der Waals surface area contributed by atoms with Crippen molar-refractivity contribution in [2.24, 2.45) is 0 Å². The Morgan fingerprint density at radius 3 is 2.36 bits per heavy atom. The van der Waals surface area contributed by atoms with Crippen molar-refractivity contribution in [1.82, 2.24) is 5.32 Å². The smallest absolute Gasteiger partial charge is 0.270 e. The molecule has 122 valence electrons. The Labute approximate surface area is 132 Å². The molecule has 0 atom stereocenters. The molecule has 5 nitrogen and oxygen atoms in total. The van der Waals surface area contributed by atoms with E-state index >= 15 is 0 Å². The van der Waals surface area contributed by atoms with E-state index in [1.165, 1.54) is 56.7 Å². The molecule has 0 bridgehead atoms. The Kier molecular flexibility index (Phi) is 8.88. The lowest BCUT2D eigenvalue weighted by Crippen LogP contribution is -2.24. The lowest BCUT2D eigenvalue weighted by Gasteiger charge is -2.05. The largest absolute Gasteiger partial charge is 0.352 e. The molecule has 0 saturated heterocycles. The van der Waals surface area contributed by atoms with Crippen LogP contribution in [0.4, 0.5) is 5.69 Å². The van der Waals surface area contributed by atoms with Crippen LogP contribution in [0.5, 0.6) is 0 Å². The Hall–Kier alpha value is -1.91. The van der Waals surface area contributed by atoms with E-state index in [1.807, 2.05) is 0 Å². The average molecular weight is 306 g/mol. The molecule has 1 rings (SSSR count). The zero-order valence-corrected chi connectivity index (χ0v) is 13.3. The molecule has 0 heterocycles. The molecule has 1 aromatic rings. The lowest BCUT2D eigenvalue weighted by atomic mass is 10.1. The minimum Gasteiger partial charge on any atom is -0.352 e. The highest BCUT2D eigenvalue weighted by molar-refractivity contribution is 5.94. The van der Waals surface area contributed by atoms with Crippen molar-refractivity contribution in [1.29, 1.82) is 0 Å². The molecule has 0 fully saturated rings. The Balaban J connectivity index is 2.16. The minimum atomic E-state index is -0.491. The molecule has 0 aliphatic rings. The van der Waals surface area contributed by atoms with Gasteiger partial charge in [-0.3, -0.25) is 14.9 Å². The summed E-state index contributed by atoms with van der Waals surface area (Å²) in [7, 11) is 0. The SMILES string of the molecule is CCCCCCCCCCNC(=O)c1cccc([N+](=O)[O-])c1. The van der Waals surface area contributed by atoms with E-state index in [-0.39, 0.29) is 11.6 Å². The van der Waals surface area contributed by atoms with E-state index in [4.69, 9.17) is 0 Å². The molecule has 5 heteroatoms. The highest BCUT2D eigenvalue weighted by Crippen LogP contribution is 2.13. The van der Waals surface area contributed by atoms with E-state index in [9.17, 15) is 14.9 Å². The van der Waals surface area contributed by atoms with Gasteiger partial charge in [-0.05, 0) is 12.5 Å². The van der Waals surface area contributed by atoms with Crippen molar-refractivity contribution in [3.8, 4) is 0 Å². The molecule has 1 N–H and O–H groups in total. The number of hydrogen-bond acceptors (Lipinski definition) is 3. The first kappa shape index (κ1) is 18.1. The van der Waals surface area contributed by atoms with Gasteiger partial charge in [0.2, 0.25) is 0 Å². The summed E-state index contributed by atoms with van der Waals surface area (Å²) in [5.41, 5.74) is 0.286. The second kappa shape index (κ2) is 10.8. The molecule has 1 aromatic carbocycles. The number of benzene rings is 1. The van der Waals surface area contributed by atoms with Gasteiger partial charge in [0.25, 0.3) is 11.6 Å². The lowest BCUT2D eigenvalue weighted by molar-refractivity contribution is -0.384. The summed E-state index contributed by atoms with van der Waals surface area (Å²) in [4.78, 5) is 22.1. The van der Waals surface area contributed by atoms with Gasteiger partial charge in [0.15, 0.2) is 0 Å². The van der Waals surface area contributed by atoms with Gasteiger partial charge in [-0.15, -0.1) is 0 Å². The molecule has 0 aliphatic heterocycles. The third-order valence-corrected chi connectivity index (χ3v) is 3.64. The van der Waals surface area contributed by atoms with Gasteiger partial charge >= 0.3 is 0 Å². The summed E-state index contributed by atoms with van der Waals surface area (Å²) >= 11 is 0. The number of hydrogen-bond donors (Lipinski definition) is 1. The second-order valence-corrected chi connectivity index (χ2v) is 5.54. The van der Waals surface area contributed by atoms with Crippen LogP contribution < -0.4 is 5.32 Å². The van der Waals surface area contributed by atoms with Crippen LogP contribution in [-0.2, 0) is 0 Å². The number of nitro groups is 1. The monoisotopic (exact) mass is 306 g/mol. The van der Waals surface area contributed by atoms with Crippen LogP contribution in [0.1, 0.15) is 68.6 Å². The van der Waals surface area contributed by atoms with Crippen molar-refractivity contribution >= 4 is 11.6 Å². The van der Waals surface area contributed by atoms with Crippen LogP contribution >= 0.6 is 0 Å². The quantitative estimate of drug-likeness (QED) is 0.372. The molecule has 1 amide bonds. The van der Waals surface area contributed by atoms with Gasteiger partial charge in [0.1, 0.15) is 0 Å². The average Bonchev–Trinajstić information content (AvgIpc) is 2.53. The van der Waals surface area contributed by atoms with Crippen LogP contribution in [-0.4, -0.2) is 17.4 Å². The first-order valence-electron chi connectivity index (χ1n) is 8.17. The molecule has 0 unspecified atom stereocenters. The van der Waals surface area contributed by atoms with Gasteiger partial charge in [-0.1, -0.05) is 57.9 Å². The van der Waals surface area contributed by atoms with Gasteiger partial charge in [0, 0.05) is 24.2 Å². The molecule has 22 heavy (non-hydrogen) atoms. The number of non-ortho nitro benzene ring substituents is 1. The van der Waals surface area contributed by atoms with Gasteiger partial charge in [-0.25, -0.2) is 0 Å². The molecule has 0 aromatic heterocycles. The van der Waals surface area contributed by atoms with Crippen LogP contribution in [0.2, 0.25) is 0 Å². The number of amides is 1. The van der Waals surface area contributed by atoms with Crippen molar-refractivity contribution in [2.75, 3.05) is 6.54 Å². The maximum Gasteiger partial charge on any atom is 0.270 e. The predicted molar refractivity (Wildman–Crippen MR) is 88.0 cm³/mol. The number of rotatable bonds is 11. The number of carbonyl (C=O) groups is 1. The highest BCUT2D eigenvalue weighted by Gasteiger charge is 2.10. The Morgan fingerprint density at radius 1 is 1.09 bits per heavy atom. The first-order chi connectivity index (χ1) is 10.6. The van der Waals surface area contributed by atoms with Gasteiger partial charge in [-0.2, -0.15) is 0 Å². The van der Waals surface area contributed by atoms with Gasteiger partial charge in [0.05, 0.1) is 4.92 Å². The van der Waals surface area contributed by atoms with Crippen LogP contribution in [0.15, 0.2) is 24.3 Å². The first-order valence-corrected chi connectivity index (χ1v) is 8.17. The summed E-state index contributed by atoms with van der Waals surface area (Å²) < 4.78 is 0. The molecular formula is C17H26N2O3. The summed E-state index contributed by atoms with van der Waals surface area (Å²) in [6.07, 6.45) is 9.74. The molecule has 0 aliphatic carbocycles. The number of unbranched alkanes of at least 4 members (excludes halogenated alkanes) is 7. The second-order valence-electron chi connectivity index (χ2n) is 5.54. The molecule has 0 saturated carbocycles. The Morgan fingerprint density at radius 2 is 1.73 bits per heavy atom. The third-order valence-electron chi connectivity index (χ3n) is 3.64. The van der Waals surface area contributed by atoms with Crippen LogP contribution in [0, 0.1) is 10.1 Å². The normalized spacial score (nSPS) is 10.4. The molecule has 0 spiro atoms. The standard InChI is InChI=1S/C17H26N2O3/c1-2-3-4-5-6-7-8-9-13-18-17(20)15-11-10-12-16(14-15)19(21)22/h10-12,14H,2-9,13H2,1H3,(H,18,20). The fourth-order valence-corrected chi connectivity index (χ4v) is 2.32. The van der Waals surface area contributed by atoms with Crippen LogP contribution in [0.25, 0.3) is 0 Å². The van der Waals surface area contributed by atoms with Crippen molar-refractivity contribution in [3.63, 3.8) is 0 Å². The maximum absolute atomic E-state index is 11.9. The van der Waals surface area contributed by atoms with E-state index in [0.29, 0.717) is 12.1 Å². The molecule has 0 radical (unpaired) electrons. The van der Waals surface area contributed by atoms with Crippen molar-refractivity contribution in [2.45, 2.75) is 58.3 Å². The topological polar surface area (TPSA) is 72.2 Å². The number of nitro benzene ring substituents is 1. The van der Waals surface area contributed by atoms with Gasteiger partial charge < -0.3 is 5.32 Å². The van der Waals surface area contributed by atoms with E-state index in [1.54, 1.807) is 6.07 Å². The fourth-order valence-electron chi connectivity index (χ4n) is 2.32. The van der Waals surface area contributed by atoms with Crippen LogP contribution in [0.3, 0.4) is 0 Å². The fraction of sp³-hybridized carbons (Fsp3) is 0.588. The summed E-state index contributed by atoms with van der Waals surface area (Å²) in [5, 5.41) is 13.5. The number of carbonyl (C=O) groups excluding carboxylic acids is 1. The maximum atomic E-state index is 11.9. The zero-order valence-electron chi connectivity index (χ0n) is 13.3. The summed E-state index contributed by atoms with van der Waals surface area (Å²) in [5.74, 6) is -0.244. The number of nitrogens with zero attached hydrogens (tertiary/aromatic N) is 1. The third kappa shape index (κ3) is 7.20. The van der Waals surface area contributed by atoms with Crippen molar-refractivity contribution in [3.05, 3.63) is 39.9 Å². The summed E-state index contributed by atoms with van der Waals surface area (Å²) in [6, 6.07) is 5.82. The molecular weight excluding hydrogens is 280 g/mol. The number of nitrogens with one attached hydrogen (secondary N) is 1. The van der Waals surface area contributed by atoms with Crippen molar-refractivity contribution < 1.29 is 9.72 Å². The van der Waals surface area contributed by atoms with E-state index < -0.39 is 4.92 Å². The zero-order chi connectivity index (χ0) is 16.2. The highest BCUT2D eigenvalue weighted by atomic mass is 16.6. The Bertz CT molecular complexity index is 475. The summed E-state index contributed by atoms with van der Waals surface area (Å²) in [6.45, 7) is 2.83. The predicted octanol–water partition coefficient (Wildman–Crippen LogP) is 4.47. The minimum absolute atomic E-state index is 0.0558. The van der Waals surface area contributed by atoms with E-state index in [0.717, 1.165) is 12.8 Å².